The van der Waals surface area contributed by atoms with Gasteiger partial charge in [-0.25, -0.2) is 4.39 Å². The highest BCUT2D eigenvalue weighted by atomic mass is 19.1. The van der Waals surface area contributed by atoms with Crippen molar-refractivity contribution < 1.29 is 5.82 Å². The third-order valence-corrected chi connectivity index (χ3v) is 0.886. The molecule has 0 spiro atoms. The Hall–Kier alpha value is -0.0700. The SMILES string of the molecule is CCC(F)CC.[3HH]. The van der Waals surface area contributed by atoms with E-state index in [1.165, 1.54) is 0 Å². The minimum atomic E-state index is -0.565. The molecule has 0 aliphatic heterocycles. The average Bonchev–Trinajstić information content (AvgIpc) is 1.65. The number of rotatable bonds is 2. The van der Waals surface area contributed by atoms with Crippen LogP contribution >= 0.6 is 0 Å². The molecule has 0 N–H and O–H groups in total. The van der Waals surface area contributed by atoms with Crippen LogP contribution in [0.5, 0.6) is 0 Å². The Balaban J connectivity index is 0. The molecule has 1 heteroatoms. The van der Waals surface area contributed by atoms with Crippen LogP contribution in [-0.2, 0) is 0 Å². The van der Waals surface area contributed by atoms with Gasteiger partial charge in [-0.1, -0.05) is 13.8 Å². The van der Waals surface area contributed by atoms with E-state index in [-0.39, 0.29) is 1.43 Å². The molecule has 0 rings (SSSR count). The van der Waals surface area contributed by atoms with Gasteiger partial charge in [0.2, 0.25) is 0 Å². The molecule has 0 saturated heterocycles. The van der Waals surface area contributed by atoms with Crippen molar-refractivity contribution in [3.8, 4) is 0 Å². The van der Waals surface area contributed by atoms with Crippen LogP contribution in [0.25, 0.3) is 0 Å². The topological polar surface area (TPSA) is 0 Å². The zero-order valence-electron chi connectivity index (χ0n) is 4.37. The lowest BCUT2D eigenvalue weighted by atomic mass is 10.2. The van der Waals surface area contributed by atoms with Crippen molar-refractivity contribution in [3.05, 3.63) is 0 Å². The highest BCUT2D eigenvalue weighted by Crippen LogP contribution is 1.98. The summed E-state index contributed by atoms with van der Waals surface area (Å²) >= 11 is 0. The summed E-state index contributed by atoms with van der Waals surface area (Å²) in [6.07, 6.45) is 0.762. The van der Waals surface area contributed by atoms with Crippen molar-refractivity contribution in [1.29, 1.82) is 0 Å². The molecule has 0 atom stereocenters. The molecule has 0 aliphatic carbocycles. The number of hydrogen-bond acceptors (Lipinski definition) is 0. The molecule has 0 amide bonds. The summed E-state index contributed by atoms with van der Waals surface area (Å²) in [6.45, 7) is 3.71. The van der Waals surface area contributed by atoms with Gasteiger partial charge in [0.15, 0.2) is 0 Å². The summed E-state index contributed by atoms with van der Waals surface area (Å²) in [5.41, 5.74) is 0. The molecule has 6 heavy (non-hydrogen) atoms. The third kappa shape index (κ3) is 2.18. The number of alkyl halides is 1. The highest BCUT2D eigenvalue weighted by Gasteiger charge is 1.93. The van der Waals surface area contributed by atoms with Crippen LogP contribution in [0.1, 0.15) is 28.1 Å². The van der Waals surface area contributed by atoms with Crippen molar-refractivity contribution in [2.75, 3.05) is 0 Å². The fraction of sp³-hybridized carbons (Fsp3) is 1.00. The fourth-order valence-corrected chi connectivity index (χ4v) is 0.289. The Morgan fingerprint density at radius 1 is 1.50 bits per heavy atom. The minimum Gasteiger partial charge on any atom is -0.248 e. The molecule has 0 radical (unpaired) electrons. The van der Waals surface area contributed by atoms with Gasteiger partial charge in [0, 0.05) is 1.43 Å². The normalized spacial score (nSPS) is 10.0. The molecule has 0 bridgehead atoms. The number of halogens is 1. The second-order valence-electron chi connectivity index (χ2n) is 1.41. The van der Waals surface area contributed by atoms with Crippen LogP contribution in [-0.4, -0.2) is 6.17 Å². The lowest BCUT2D eigenvalue weighted by Gasteiger charge is -1.94. The molecule has 0 heterocycles. The van der Waals surface area contributed by atoms with Crippen LogP contribution in [0.4, 0.5) is 4.39 Å². The van der Waals surface area contributed by atoms with Crippen molar-refractivity contribution >= 4 is 0 Å². The summed E-state index contributed by atoms with van der Waals surface area (Å²) in [7, 11) is 0. The van der Waals surface area contributed by atoms with E-state index in [9.17, 15) is 4.39 Å². The van der Waals surface area contributed by atoms with Gasteiger partial charge >= 0.3 is 0 Å². The average molecular weight is 94.2 g/mol. The molecular weight excluding hydrogens is 79.1 g/mol. The van der Waals surface area contributed by atoms with Crippen LogP contribution in [0.2, 0.25) is 0 Å². The lowest BCUT2D eigenvalue weighted by Crippen LogP contribution is -1.91. The Labute approximate surface area is 39.8 Å². The zero-order chi connectivity index (χ0) is 4.99. The third-order valence-electron chi connectivity index (χ3n) is 0.886. The predicted octanol–water partition coefficient (Wildman–Crippen LogP) is 2.39. The molecule has 40 valence electrons. The van der Waals surface area contributed by atoms with Gasteiger partial charge in [-0.3, -0.25) is 0 Å². The maximum Gasteiger partial charge on any atom is 0.0996 e. The molecule has 0 fully saturated rings. The summed E-state index contributed by atoms with van der Waals surface area (Å²) < 4.78 is 11.9. The minimum absolute atomic E-state index is 0. The quantitative estimate of drug-likeness (QED) is 0.493. The van der Waals surface area contributed by atoms with E-state index in [4.69, 9.17) is 0 Å². The Kier molecular flexibility index (Phi) is 3.10. The van der Waals surface area contributed by atoms with Crippen molar-refractivity contribution in [1.82, 2.24) is 0 Å². The molecular formula is C5H13F. The van der Waals surface area contributed by atoms with Gasteiger partial charge in [-0.05, 0) is 12.8 Å². The fourth-order valence-electron chi connectivity index (χ4n) is 0.289. The first-order valence-corrected chi connectivity index (χ1v) is 2.45. The van der Waals surface area contributed by atoms with Crippen LogP contribution < -0.4 is 0 Å². The predicted molar refractivity (Wildman–Crippen MR) is 27.6 cm³/mol. The molecule has 0 aromatic rings. The number of hydrogen-bond donors (Lipinski definition) is 0. The zero-order valence-corrected chi connectivity index (χ0v) is 4.37. The standard InChI is InChI=1S/C5H11F.H2/c1-3-5(6)4-2;/h5H,3-4H2,1-2H3;1H/i;1+2. The van der Waals surface area contributed by atoms with Crippen molar-refractivity contribution in [2.24, 2.45) is 0 Å². The molecule has 0 aromatic heterocycles. The van der Waals surface area contributed by atoms with Gasteiger partial charge in [0.05, 0.1) is 6.17 Å². The molecule has 0 nitrogen and oxygen atoms in total. The first kappa shape index (κ1) is 5.93. The first-order valence-electron chi connectivity index (χ1n) is 2.45. The Morgan fingerprint density at radius 2 is 1.83 bits per heavy atom. The van der Waals surface area contributed by atoms with Gasteiger partial charge in [-0.2, -0.15) is 0 Å². The molecule has 0 aliphatic rings. The van der Waals surface area contributed by atoms with Crippen LogP contribution in [0, 0.1) is 0 Å². The van der Waals surface area contributed by atoms with E-state index in [1.807, 2.05) is 13.8 Å². The smallest absolute Gasteiger partial charge is 0.0996 e. The monoisotopic (exact) mass is 94.1 g/mol. The van der Waals surface area contributed by atoms with E-state index in [0.29, 0.717) is 12.8 Å². The van der Waals surface area contributed by atoms with Crippen LogP contribution in [0.15, 0.2) is 0 Å². The Morgan fingerprint density at radius 3 is 1.83 bits per heavy atom. The van der Waals surface area contributed by atoms with Gasteiger partial charge < -0.3 is 0 Å². The maximum absolute atomic E-state index is 11.9. The van der Waals surface area contributed by atoms with Crippen molar-refractivity contribution in [2.45, 2.75) is 32.9 Å². The van der Waals surface area contributed by atoms with Crippen LogP contribution in [0.3, 0.4) is 0 Å². The highest BCUT2D eigenvalue weighted by molar-refractivity contribution is 4.44. The van der Waals surface area contributed by atoms with E-state index >= 15 is 0 Å². The van der Waals surface area contributed by atoms with Gasteiger partial charge in [0.25, 0.3) is 0 Å². The Bertz CT molecular complexity index is 27.3. The molecule has 0 aromatic carbocycles. The summed E-state index contributed by atoms with van der Waals surface area (Å²) in [5.74, 6) is 0. The van der Waals surface area contributed by atoms with Gasteiger partial charge in [0.1, 0.15) is 0 Å². The second-order valence-corrected chi connectivity index (χ2v) is 1.41. The van der Waals surface area contributed by atoms with E-state index in [0.717, 1.165) is 0 Å². The summed E-state index contributed by atoms with van der Waals surface area (Å²) in [4.78, 5) is 0. The van der Waals surface area contributed by atoms with Crippen molar-refractivity contribution in [3.63, 3.8) is 0 Å². The van der Waals surface area contributed by atoms with E-state index < -0.39 is 6.17 Å². The molecule has 0 unspecified atom stereocenters. The summed E-state index contributed by atoms with van der Waals surface area (Å²) in [6, 6.07) is 0. The second kappa shape index (κ2) is 3.13. The summed E-state index contributed by atoms with van der Waals surface area (Å²) in [5, 5.41) is 0. The lowest BCUT2D eigenvalue weighted by molar-refractivity contribution is 0.316. The first-order chi connectivity index (χ1) is 2.81. The largest absolute Gasteiger partial charge is 0.248 e. The molecule has 0 saturated carbocycles. The maximum atomic E-state index is 11.9. The van der Waals surface area contributed by atoms with E-state index in [1.54, 1.807) is 0 Å². The van der Waals surface area contributed by atoms with E-state index in [2.05, 4.69) is 0 Å². The van der Waals surface area contributed by atoms with Gasteiger partial charge in [-0.15, -0.1) is 0 Å².